The van der Waals surface area contributed by atoms with E-state index in [2.05, 4.69) is 10.2 Å². The highest BCUT2D eigenvalue weighted by Crippen LogP contribution is 2.61. The van der Waals surface area contributed by atoms with Crippen molar-refractivity contribution in [1.29, 1.82) is 0 Å². The Bertz CT molecular complexity index is 856. The summed E-state index contributed by atoms with van der Waals surface area (Å²) in [4.78, 5) is 13.4. The number of methoxy groups -OCH3 is 1. The van der Waals surface area contributed by atoms with E-state index in [1.54, 1.807) is 7.11 Å². The number of carbonyl (C=O) groups excluding carboxylic acids is 1. The number of Topliss-reactive ketones (excluding diaryl/α,β-unsaturated/α-hetero) is 1. The highest BCUT2D eigenvalue weighted by atomic mass is 32.2. The molecule has 4 aliphatic carbocycles. The highest BCUT2D eigenvalue weighted by Gasteiger charge is 2.55. The molecule has 1 atom stereocenters. The van der Waals surface area contributed by atoms with Gasteiger partial charge in [0.05, 0.1) is 18.8 Å². The summed E-state index contributed by atoms with van der Waals surface area (Å²) in [6.45, 7) is 2.01. The Morgan fingerprint density at radius 1 is 1.14 bits per heavy atom. The van der Waals surface area contributed by atoms with Crippen LogP contribution in [-0.2, 0) is 11.2 Å². The van der Waals surface area contributed by atoms with Crippen molar-refractivity contribution in [3.63, 3.8) is 0 Å². The van der Waals surface area contributed by atoms with Gasteiger partial charge in [-0.05, 0) is 80.9 Å². The third kappa shape index (κ3) is 3.72. The molecule has 1 aromatic carbocycles. The van der Waals surface area contributed by atoms with Crippen molar-refractivity contribution in [2.75, 3.05) is 7.11 Å². The average molecular weight is 413 g/mol. The molecule has 0 spiro atoms. The van der Waals surface area contributed by atoms with Crippen molar-refractivity contribution in [3.05, 3.63) is 35.7 Å². The zero-order valence-corrected chi connectivity index (χ0v) is 17.9. The monoisotopic (exact) mass is 412 g/mol. The second-order valence-electron chi connectivity index (χ2n) is 9.31. The molecule has 6 rings (SSSR count). The first-order valence-corrected chi connectivity index (χ1v) is 11.6. The first kappa shape index (κ1) is 19.2. The van der Waals surface area contributed by atoms with Gasteiger partial charge in [-0.1, -0.05) is 23.9 Å². The summed E-state index contributed by atoms with van der Waals surface area (Å²) in [7, 11) is 1.66. The number of benzene rings is 1. The third-order valence-corrected chi connectivity index (χ3v) is 8.10. The number of ether oxygens (including phenoxy) is 1. The van der Waals surface area contributed by atoms with Crippen LogP contribution in [0, 0.1) is 23.2 Å². The van der Waals surface area contributed by atoms with E-state index in [4.69, 9.17) is 9.15 Å². The van der Waals surface area contributed by atoms with Crippen LogP contribution in [0.1, 0.15) is 56.9 Å². The summed E-state index contributed by atoms with van der Waals surface area (Å²) in [6.07, 6.45) is 7.96. The maximum absolute atomic E-state index is 13.4. The maximum Gasteiger partial charge on any atom is 0.277 e. The summed E-state index contributed by atoms with van der Waals surface area (Å²) >= 11 is 1.43. The second-order valence-corrected chi connectivity index (χ2v) is 10.6. The van der Waals surface area contributed by atoms with Crippen LogP contribution in [0.2, 0.25) is 0 Å². The maximum atomic E-state index is 13.4. The lowest BCUT2D eigenvalue weighted by Crippen LogP contribution is -2.51. The number of rotatable bonds is 7. The zero-order valence-electron chi connectivity index (χ0n) is 17.1. The van der Waals surface area contributed by atoms with Gasteiger partial charge in [-0.3, -0.25) is 4.79 Å². The fourth-order valence-electron chi connectivity index (χ4n) is 6.32. The smallest absolute Gasteiger partial charge is 0.277 e. The molecule has 0 radical (unpaired) electrons. The summed E-state index contributed by atoms with van der Waals surface area (Å²) in [5.41, 5.74) is 1.01. The molecular weight excluding hydrogens is 384 g/mol. The summed E-state index contributed by atoms with van der Waals surface area (Å²) < 4.78 is 11.0. The van der Waals surface area contributed by atoms with Crippen molar-refractivity contribution in [3.8, 4) is 5.75 Å². The van der Waals surface area contributed by atoms with Gasteiger partial charge in [0, 0.05) is 5.41 Å². The lowest BCUT2D eigenvalue weighted by Gasteiger charge is -2.56. The van der Waals surface area contributed by atoms with E-state index in [1.165, 1.54) is 31.0 Å². The molecule has 2 aromatic rings. The molecule has 1 unspecified atom stereocenters. The number of hydrogen-bond acceptors (Lipinski definition) is 6. The van der Waals surface area contributed by atoms with Gasteiger partial charge in [-0.2, -0.15) is 0 Å². The van der Waals surface area contributed by atoms with Crippen LogP contribution in [-0.4, -0.2) is 28.3 Å². The third-order valence-electron chi connectivity index (χ3n) is 7.17. The number of hydrogen-bond donors (Lipinski definition) is 0. The van der Waals surface area contributed by atoms with Crippen LogP contribution in [0.15, 0.2) is 33.9 Å². The number of carbonyl (C=O) groups is 1. The molecule has 0 amide bonds. The van der Waals surface area contributed by atoms with E-state index in [0.717, 1.165) is 48.3 Å². The molecule has 4 saturated carbocycles. The van der Waals surface area contributed by atoms with Crippen LogP contribution in [0.4, 0.5) is 0 Å². The SMILES string of the molecule is COc1ccc(Cc2nnc(SC(C)C(=O)C34CC5CC(CC(C5)C3)C4)o2)cc1. The average Bonchev–Trinajstić information content (AvgIpc) is 3.13. The Labute approximate surface area is 176 Å². The molecule has 6 heteroatoms. The van der Waals surface area contributed by atoms with E-state index in [0.29, 0.717) is 23.3 Å². The van der Waals surface area contributed by atoms with Crippen LogP contribution in [0.5, 0.6) is 5.75 Å². The first-order valence-electron chi connectivity index (χ1n) is 10.7. The second kappa shape index (κ2) is 7.46. The van der Waals surface area contributed by atoms with Crippen LogP contribution < -0.4 is 4.74 Å². The van der Waals surface area contributed by atoms with Gasteiger partial charge in [0.2, 0.25) is 5.89 Å². The zero-order chi connectivity index (χ0) is 20.0. The van der Waals surface area contributed by atoms with Gasteiger partial charge < -0.3 is 9.15 Å². The molecule has 154 valence electrons. The molecule has 0 saturated heterocycles. The number of aromatic nitrogens is 2. The Morgan fingerprint density at radius 3 is 2.34 bits per heavy atom. The van der Waals surface area contributed by atoms with Crippen molar-refractivity contribution in [1.82, 2.24) is 10.2 Å². The van der Waals surface area contributed by atoms with E-state index >= 15 is 0 Å². The first-order chi connectivity index (χ1) is 14.0. The number of nitrogens with zero attached hydrogens (tertiary/aromatic N) is 2. The van der Waals surface area contributed by atoms with Gasteiger partial charge in [0.25, 0.3) is 5.22 Å². The fourth-order valence-corrected chi connectivity index (χ4v) is 7.22. The van der Waals surface area contributed by atoms with Gasteiger partial charge in [-0.25, -0.2) is 0 Å². The molecule has 29 heavy (non-hydrogen) atoms. The van der Waals surface area contributed by atoms with Crippen LogP contribution >= 0.6 is 11.8 Å². The number of ketones is 1. The van der Waals surface area contributed by atoms with Crippen molar-refractivity contribution in [2.24, 2.45) is 23.2 Å². The Hall–Kier alpha value is -1.82. The molecule has 1 aromatic heterocycles. The molecule has 5 nitrogen and oxygen atoms in total. The molecule has 4 fully saturated rings. The fraction of sp³-hybridized carbons (Fsp3) is 0.609. The van der Waals surface area contributed by atoms with E-state index in [-0.39, 0.29) is 10.7 Å². The van der Waals surface area contributed by atoms with Gasteiger partial charge in [-0.15, -0.1) is 10.2 Å². The quantitative estimate of drug-likeness (QED) is 0.601. The Balaban J connectivity index is 1.23. The highest BCUT2D eigenvalue weighted by molar-refractivity contribution is 8.00. The van der Waals surface area contributed by atoms with Crippen molar-refractivity contribution >= 4 is 17.5 Å². The molecule has 4 bridgehead atoms. The molecule has 0 aliphatic heterocycles. The standard InChI is InChI=1S/C23H28N2O3S/c1-14(21(26)23-11-16-7-17(12-23)9-18(8-16)13-23)29-22-25-24-20(28-22)10-15-3-5-19(27-2)6-4-15/h3-6,14,16-18H,7-13H2,1-2H3. The van der Waals surface area contributed by atoms with Crippen LogP contribution in [0.25, 0.3) is 0 Å². The van der Waals surface area contributed by atoms with E-state index in [9.17, 15) is 4.79 Å². The van der Waals surface area contributed by atoms with Crippen molar-refractivity contribution < 1.29 is 13.9 Å². The lowest BCUT2D eigenvalue weighted by molar-refractivity contribution is -0.143. The molecule has 0 N–H and O–H groups in total. The van der Waals surface area contributed by atoms with Gasteiger partial charge in [0.15, 0.2) is 5.78 Å². The van der Waals surface area contributed by atoms with Crippen LogP contribution in [0.3, 0.4) is 0 Å². The molecular formula is C23H28N2O3S. The minimum absolute atomic E-state index is 0.0763. The molecule has 4 aliphatic rings. The minimum Gasteiger partial charge on any atom is -0.497 e. The van der Waals surface area contributed by atoms with E-state index in [1.807, 2.05) is 31.2 Å². The lowest BCUT2D eigenvalue weighted by atomic mass is 9.48. The summed E-state index contributed by atoms with van der Waals surface area (Å²) in [6, 6.07) is 7.84. The predicted octanol–water partition coefficient (Wildman–Crippen LogP) is 4.94. The van der Waals surface area contributed by atoms with Gasteiger partial charge in [0.1, 0.15) is 5.75 Å². The Kier molecular flexibility index (Phi) is 4.93. The topological polar surface area (TPSA) is 65.2 Å². The predicted molar refractivity (Wildman–Crippen MR) is 111 cm³/mol. The summed E-state index contributed by atoms with van der Waals surface area (Å²) in [5, 5.41) is 8.72. The van der Waals surface area contributed by atoms with Gasteiger partial charge >= 0.3 is 0 Å². The largest absolute Gasteiger partial charge is 0.497 e. The molecule has 1 heterocycles. The Morgan fingerprint density at radius 2 is 1.76 bits per heavy atom. The normalized spacial score (nSPS) is 31.0. The number of thioether (sulfide) groups is 1. The van der Waals surface area contributed by atoms with Crippen molar-refractivity contribution in [2.45, 2.75) is 62.3 Å². The van der Waals surface area contributed by atoms with E-state index < -0.39 is 0 Å². The minimum atomic E-state index is -0.138. The summed E-state index contributed by atoms with van der Waals surface area (Å²) in [5.74, 6) is 4.15.